The maximum Gasteiger partial charge on any atom is 0.136 e. The van der Waals surface area contributed by atoms with Crippen LogP contribution in [0.2, 0.25) is 0 Å². The number of nitrogens with one attached hydrogen (secondary N) is 1. The Morgan fingerprint density at radius 2 is 1.90 bits per heavy atom. The lowest BCUT2D eigenvalue weighted by Gasteiger charge is -2.08. The van der Waals surface area contributed by atoms with Gasteiger partial charge in [0.15, 0.2) is 0 Å². The molecular weight excluding hydrogens is 256 g/mol. The Balaban J connectivity index is 2.15. The van der Waals surface area contributed by atoms with E-state index in [0.717, 1.165) is 11.4 Å². The highest BCUT2D eigenvalue weighted by Gasteiger charge is 2.09. The zero-order valence-corrected chi connectivity index (χ0v) is 11.2. The van der Waals surface area contributed by atoms with Crippen LogP contribution < -0.4 is 5.73 Å². The summed E-state index contributed by atoms with van der Waals surface area (Å²) in [6, 6.07) is 0. The van der Waals surface area contributed by atoms with Crippen LogP contribution in [0, 0.1) is 12.3 Å². The number of hydrogen-bond donors (Lipinski definition) is 3. The van der Waals surface area contributed by atoms with E-state index < -0.39 is 0 Å². The summed E-state index contributed by atoms with van der Waals surface area (Å²) in [6.45, 7) is 1.65. The van der Waals surface area contributed by atoms with E-state index in [-0.39, 0.29) is 6.61 Å². The summed E-state index contributed by atoms with van der Waals surface area (Å²) in [7, 11) is 0. The summed E-state index contributed by atoms with van der Waals surface area (Å²) in [5.41, 5.74) is 8.40. The second kappa shape index (κ2) is 6.16. The first-order valence-electron chi connectivity index (χ1n) is 6.18. The average molecular weight is 272 g/mol. The van der Waals surface area contributed by atoms with Crippen LogP contribution in [-0.4, -0.2) is 31.3 Å². The summed E-state index contributed by atoms with van der Waals surface area (Å²) < 4.78 is 0. The van der Waals surface area contributed by atoms with Crippen LogP contribution in [0.3, 0.4) is 0 Å². The number of rotatable bonds is 5. The lowest BCUT2D eigenvalue weighted by molar-refractivity contribution is 0.276. The molecular formula is C13H16N6O. The topological polar surface area (TPSA) is 122 Å². The van der Waals surface area contributed by atoms with Crippen LogP contribution >= 0.6 is 0 Å². The highest BCUT2D eigenvalue weighted by Crippen LogP contribution is 2.13. The minimum Gasteiger partial charge on any atom is -0.390 e. The smallest absolute Gasteiger partial charge is 0.136 e. The van der Waals surface area contributed by atoms with Crippen molar-refractivity contribution in [3.8, 4) is 0 Å². The first kappa shape index (κ1) is 14.0. The van der Waals surface area contributed by atoms with E-state index in [2.05, 4.69) is 19.9 Å². The Hall–Kier alpha value is -2.41. The second-order valence-electron chi connectivity index (χ2n) is 4.32. The summed E-state index contributed by atoms with van der Waals surface area (Å²) in [4.78, 5) is 16.6. The molecule has 0 aromatic carbocycles. The molecule has 7 nitrogen and oxygen atoms in total. The fraction of sp³-hybridized carbons (Fsp3) is 0.308. The van der Waals surface area contributed by atoms with Gasteiger partial charge >= 0.3 is 0 Å². The average Bonchev–Trinajstić information content (AvgIpc) is 2.45. The number of aromatic nitrogens is 4. The number of aliphatic hydroxyl groups excluding tert-OH is 1. The van der Waals surface area contributed by atoms with Crippen molar-refractivity contribution in [2.24, 2.45) is 0 Å². The first-order valence-corrected chi connectivity index (χ1v) is 6.18. The van der Waals surface area contributed by atoms with E-state index in [1.165, 1.54) is 6.21 Å². The minimum absolute atomic E-state index is 0.118. The first-order chi connectivity index (χ1) is 9.63. The molecule has 0 aliphatic carbocycles. The molecule has 2 rings (SSSR count). The summed E-state index contributed by atoms with van der Waals surface area (Å²) in [6.07, 6.45) is 5.59. The van der Waals surface area contributed by atoms with Gasteiger partial charge in [0, 0.05) is 12.4 Å². The van der Waals surface area contributed by atoms with Gasteiger partial charge in [-0.15, -0.1) is 0 Å². The van der Waals surface area contributed by atoms with Gasteiger partial charge in [0.1, 0.15) is 11.6 Å². The molecule has 0 atom stereocenters. The molecule has 0 saturated carbocycles. The third-order valence-electron chi connectivity index (χ3n) is 2.85. The van der Waals surface area contributed by atoms with Crippen molar-refractivity contribution < 1.29 is 5.11 Å². The normalized spacial score (nSPS) is 10.5. The highest BCUT2D eigenvalue weighted by atomic mass is 16.3. The van der Waals surface area contributed by atoms with Crippen LogP contribution in [0.5, 0.6) is 0 Å². The Morgan fingerprint density at radius 1 is 1.20 bits per heavy atom. The van der Waals surface area contributed by atoms with Crippen LogP contribution in [0.25, 0.3) is 0 Å². The molecule has 0 saturated heterocycles. The fourth-order valence-electron chi connectivity index (χ4n) is 1.85. The third-order valence-corrected chi connectivity index (χ3v) is 2.85. The molecule has 4 N–H and O–H groups in total. The van der Waals surface area contributed by atoms with Gasteiger partial charge in [-0.25, -0.2) is 9.97 Å². The van der Waals surface area contributed by atoms with Gasteiger partial charge < -0.3 is 16.2 Å². The van der Waals surface area contributed by atoms with Crippen LogP contribution in [0.15, 0.2) is 12.4 Å². The van der Waals surface area contributed by atoms with Crippen molar-refractivity contribution in [1.82, 2.24) is 19.9 Å². The molecule has 0 unspecified atom stereocenters. The zero-order chi connectivity index (χ0) is 14.5. The van der Waals surface area contributed by atoms with Crippen LogP contribution in [-0.2, 0) is 19.4 Å². The van der Waals surface area contributed by atoms with Gasteiger partial charge in [-0.2, -0.15) is 0 Å². The predicted molar refractivity (Wildman–Crippen MR) is 74.4 cm³/mol. The summed E-state index contributed by atoms with van der Waals surface area (Å²) >= 11 is 0. The molecule has 20 heavy (non-hydrogen) atoms. The number of nitrogens with zero attached hydrogens (tertiary/aromatic N) is 4. The summed E-state index contributed by atoms with van der Waals surface area (Å²) in [5, 5.41) is 16.3. The Labute approximate surface area is 116 Å². The van der Waals surface area contributed by atoms with Gasteiger partial charge in [0.25, 0.3) is 0 Å². The van der Waals surface area contributed by atoms with Crippen LogP contribution in [0.1, 0.15) is 28.5 Å². The molecule has 0 radical (unpaired) electrons. The Kier molecular flexibility index (Phi) is 4.31. The standard InChI is InChI=1S/C13H16N6O/c1-8-18-12(11(4-14)13(15)19-8)3-2-9-5-17-10(7-20)6-16-9/h4-6,14,20H,2-3,7H2,1H3,(H2,15,18,19). The molecule has 2 aromatic rings. The molecule has 2 aromatic heterocycles. The number of hydrogen-bond acceptors (Lipinski definition) is 7. The van der Waals surface area contributed by atoms with E-state index in [1.807, 2.05) is 0 Å². The Bertz CT molecular complexity index is 611. The molecule has 2 heterocycles. The van der Waals surface area contributed by atoms with Gasteiger partial charge in [-0.1, -0.05) is 0 Å². The van der Waals surface area contributed by atoms with E-state index >= 15 is 0 Å². The number of aliphatic hydroxyl groups is 1. The van der Waals surface area contributed by atoms with Crippen LogP contribution in [0.4, 0.5) is 5.82 Å². The lowest BCUT2D eigenvalue weighted by Crippen LogP contribution is -2.09. The molecule has 104 valence electrons. The number of anilines is 1. The highest BCUT2D eigenvalue weighted by molar-refractivity contribution is 5.84. The largest absolute Gasteiger partial charge is 0.390 e. The maximum atomic E-state index is 8.91. The van der Waals surface area contributed by atoms with E-state index in [9.17, 15) is 0 Å². The van der Waals surface area contributed by atoms with Crippen molar-refractivity contribution in [2.45, 2.75) is 26.4 Å². The maximum absolute atomic E-state index is 8.91. The van der Waals surface area contributed by atoms with Crippen molar-refractivity contribution in [3.63, 3.8) is 0 Å². The van der Waals surface area contributed by atoms with Crippen molar-refractivity contribution in [1.29, 1.82) is 5.41 Å². The van der Waals surface area contributed by atoms with Gasteiger partial charge in [0.05, 0.1) is 35.4 Å². The molecule has 0 aliphatic rings. The third kappa shape index (κ3) is 3.12. The molecule has 0 fully saturated rings. The van der Waals surface area contributed by atoms with E-state index in [1.54, 1.807) is 19.3 Å². The Morgan fingerprint density at radius 3 is 2.50 bits per heavy atom. The predicted octanol–water partition coefficient (Wildman–Crippen LogP) is 0.432. The second-order valence-corrected chi connectivity index (χ2v) is 4.32. The fourth-order valence-corrected chi connectivity index (χ4v) is 1.85. The van der Waals surface area contributed by atoms with Crippen molar-refractivity contribution in [3.05, 3.63) is 40.9 Å². The van der Waals surface area contributed by atoms with Gasteiger partial charge in [-0.3, -0.25) is 9.97 Å². The van der Waals surface area contributed by atoms with E-state index in [4.69, 9.17) is 16.2 Å². The molecule has 0 spiro atoms. The molecule has 0 bridgehead atoms. The molecule has 7 heteroatoms. The minimum atomic E-state index is -0.118. The molecule has 0 aliphatic heterocycles. The number of nitrogens with two attached hydrogens (primary N) is 1. The monoisotopic (exact) mass is 272 g/mol. The zero-order valence-electron chi connectivity index (χ0n) is 11.2. The number of aryl methyl sites for hydroxylation is 3. The molecule has 0 amide bonds. The van der Waals surface area contributed by atoms with E-state index in [0.29, 0.717) is 35.7 Å². The number of nitrogen functional groups attached to an aromatic ring is 1. The SMILES string of the molecule is Cc1nc(N)c(C=N)c(CCc2cnc(CO)cn2)n1. The lowest BCUT2D eigenvalue weighted by atomic mass is 10.1. The van der Waals surface area contributed by atoms with Gasteiger partial charge in [-0.05, 0) is 19.8 Å². The van der Waals surface area contributed by atoms with Crippen molar-refractivity contribution >= 4 is 12.0 Å². The summed E-state index contributed by atoms with van der Waals surface area (Å²) in [5.74, 6) is 0.911. The quantitative estimate of drug-likeness (QED) is 0.679. The van der Waals surface area contributed by atoms with Crippen molar-refractivity contribution in [2.75, 3.05) is 5.73 Å². The van der Waals surface area contributed by atoms with Gasteiger partial charge in [0.2, 0.25) is 0 Å².